The van der Waals surface area contributed by atoms with E-state index in [2.05, 4.69) is 15.7 Å². The van der Waals surface area contributed by atoms with Crippen molar-refractivity contribution in [1.29, 1.82) is 0 Å². The van der Waals surface area contributed by atoms with Gasteiger partial charge in [-0.2, -0.15) is 22.8 Å². The van der Waals surface area contributed by atoms with Crippen molar-refractivity contribution in [3.05, 3.63) is 53.7 Å². The lowest BCUT2D eigenvalue weighted by Crippen LogP contribution is -2.41. The molecule has 0 bridgehead atoms. The Bertz CT molecular complexity index is 1230. The first-order valence-electron chi connectivity index (χ1n) is 11.6. The van der Waals surface area contributed by atoms with Gasteiger partial charge in [-0.15, -0.1) is 0 Å². The highest BCUT2D eigenvalue weighted by Gasteiger charge is 2.46. The Morgan fingerprint density at radius 2 is 2.00 bits per heavy atom. The van der Waals surface area contributed by atoms with Gasteiger partial charge in [0.05, 0.1) is 17.5 Å². The topological polar surface area (TPSA) is 71.3 Å². The summed E-state index contributed by atoms with van der Waals surface area (Å²) < 4.78 is 41.4. The van der Waals surface area contributed by atoms with E-state index in [0.717, 1.165) is 34.3 Å². The van der Waals surface area contributed by atoms with E-state index in [1.807, 2.05) is 38.2 Å². The highest BCUT2D eigenvalue weighted by Crippen LogP contribution is 2.38. The molecule has 0 fully saturated rings. The van der Waals surface area contributed by atoms with Gasteiger partial charge in [-0.25, -0.2) is 4.98 Å². The predicted molar refractivity (Wildman–Crippen MR) is 134 cm³/mol. The SMILES string of the molecule is Bc1cnn2c(NCCCCNC(=O)C3CCC=CC3C(F)(F)F)cc(-c3ccccc3Cl)nc12. The van der Waals surface area contributed by atoms with Crippen molar-refractivity contribution in [3.8, 4) is 11.3 Å². The summed E-state index contributed by atoms with van der Waals surface area (Å²) in [6.45, 7) is 0.913. The lowest BCUT2D eigenvalue weighted by molar-refractivity contribution is -0.180. The van der Waals surface area contributed by atoms with Crippen LogP contribution in [0.4, 0.5) is 19.0 Å². The molecule has 6 nitrogen and oxygen atoms in total. The number of amides is 1. The van der Waals surface area contributed by atoms with Gasteiger partial charge < -0.3 is 10.6 Å². The summed E-state index contributed by atoms with van der Waals surface area (Å²) in [7, 11) is 1.93. The van der Waals surface area contributed by atoms with E-state index in [4.69, 9.17) is 16.6 Å². The zero-order valence-corrected chi connectivity index (χ0v) is 20.0. The van der Waals surface area contributed by atoms with Crippen LogP contribution in [0, 0.1) is 11.8 Å². The fourth-order valence-electron chi connectivity index (χ4n) is 4.28. The lowest BCUT2D eigenvalue weighted by atomic mass is 9.83. The number of alkyl halides is 3. The molecule has 0 radical (unpaired) electrons. The minimum atomic E-state index is -4.41. The molecule has 2 unspecified atom stereocenters. The first-order valence-corrected chi connectivity index (χ1v) is 12.0. The molecule has 184 valence electrons. The maximum Gasteiger partial charge on any atom is 0.395 e. The van der Waals surface area contributed by atoms with E-state index < -0.39 is 23.9 Å². The average molecular weight is 504 g/mol. The van der Waals surface area contributed by atoms with Crippen LogP contribution in [0.15, 0.2) is 48.7 Å². The van der Waals surface area contributed by atoms with E-state index in [1.165, 1.54) is 6.08 Å². The third-order valence-corrected chi connectivity index (χ3v) is 6.47. The number of rotatable bonds is 8. The van der Waals surface area contributed by atoms with Crippen LogP contribution in [-0.2, 0) is 4.79 Å². The highest BCUT2D eigenvalue weighted by molar-refractivity contribution is 6.36. The zero-order chi connectivity index (χ0) is 25.0. The highest BCUT2D eigenvalue weighted by atomic mass is 35.5. The number of nitrogens with zero attached hydrogens (tertiary/aromatic N) is 3. The summed E-state index contributed by atoms with van der Waals surface area (Å²) >= 11 is 6.37. The average Bonchev–Trinajstić information content (AvgIpc) is 3.21. The monoisotopic (exact) mass is 503 g/mol. The number of hydrogen-bond acceptors (Lipinski definition) is 4. The van der Waals surface area contributed by atoms with E-state index in [-0.39, 0.29) is 6.42 Å². The Morgan fingerprint density at radius 1 is 1.23 bits per heavy atom. The smallest absolute Gasteiger partial charge is 0.370 e. The molecule has 0 aliphatic heterocycles. The third kappa shape index (κ3) is 5.81. The van der Waals surface area contributed by atoms with Gasteiger partial charge in [0.15, 0.2) is 5.65 Å². The Balaban J connectivity index is 1.33. The first-order chi connectivity index (χ1) is 16.8. The van der Waals surface area contributed by atoms with Crippen LogP contribution in [0.25, 0.3) is 16.9 Å². The molecule has 0 saturated heterocycles. The fraction of sp³-hybridized carbons (Fsp3) is 0.375. The minimum absolute atomic E-state index is 0.211. The minimum Gasteiger partial charge on any atom is -0.370 e. The van der Waals surface area contributed by atoms with E-state index in [0.29, 0.717) is 37.4 Å². The molecular formula is C24H26BClF3N5O. The number of benzene rings is 1. The third-order valence-electron chi connectivity index (χ3n) is 6.14. The standard InChI is InChI=1S/C24H26BClF3N5O/c25-18-14-32-34-21(13-20(33-22(18)34)16-8-2-4-10-19(16)26)30-11-5-6-12-31-23(35)15-7-1-3-9-17(15)24(27,28)29/h2-4,8-10,13-15,17,30H,1,5-7,11-12,25H2,(H,31,35). The molecule has 11 heteroatoms. The molecular weight excluding hydrogens is 478 g/mol. The van der Waals surface area contributed by atoms with Crippen LogP contribution >= 0.6 is 11.6 Å². The van der Waals surface area contributed by atoms with Gasteiger partial charge in [0.2, 0.25) is 5.91 Å². The van der Waals surface area contributed by atoms with Gasteiger partial charge in [-0.05, 0) is 37.2 Å². The van der Waals surface area contributed by atoms with Crippen LogP contribution < -0.4 is 16.1 Å². The number of allylic oxidation sites excluding steroid dienone is 2. The maximum absolute atomic E-state index is 13.2. The van der Waals surface area contributed by atoms with Crippen molar-refractivity contribution >= 4 is 42.3 Å². The normalized spacial score (nSPS) is 18.1. The number of carbonyl (C=O) groups is 1. The number of aromatic nitrogens is 3. The van der Waals surface area contributed by atoms with Crippen LogP contribution in [0.2, 0.25) is 5.02 Å². The number of carbonyl (C=O) groups excluding carboxylic acids is 1. The predicted octanol–water partition coefficient (Wildman–Crippen LogP) is 3.76. The van der Waals surface area contributed by atoms with Crippen molar-refractivity contribution in [1.82, 2.24) is 19.9 Å². The molecule has 35 heavy (non-hydrogen) atoms. The lowest BCUT2D eigenvalue weighted by Gasteiger charge is -2.28. The van der Waals surface area contributed by atoms with Crippen molar-refractivity contribution < 1.29 is 18.0 Å². The fourth-order valence-corrected chi connectivity index (χ4v) is 4.51. The molecule has 3 aromatic rings. The molecule has 1 aliphatic carbocycles. The molecule has 2 heterocycles. The van der Waals surface area contributed by atoms with Gasteiger partial charge in [0.25, 0.3) is 0 Å². The quantitative estimate of drug-likeness (QED) is 0.279. The number of hydrogen-bond donors (Lipinski definition) is 2. The molecule has 0 saturated carbocycles. The number of halogens is 4. The van der Waals surface area contributed by atoms with Gasteiger partial charge in [-0.1, -0.05) is 42.0 Å². The second-order valence-corrected chi connectivity index (χ2v) is 9.08. The molecule has 0 spiro atoms. The maximum atomic E-state index is 13.2. The van der Waals surface area contributed by atoms with Gasteiger partial charge >= 0.3 is 6.18 Å². The van der Waals surface area contributed by atoms with Gasteiger partial charge in [0, 0.05) is 35.9 Å². The molecule has 2 N–H and O–H groups in total. The molecule has 1 amide bonds. The molecule has 1 aromatic carbocycles. The van der Waals surface area contributed by atoms with E-state index >= 15 is 0 Å². The molecule has 4 rings (SSSR count). The van der Waals surface area contributed by atoms with Gasteiger partial charge in [0.1, 0.15) is 13.7 Å². The van der Waals surface area contributed by atoms with Crippen molar-refractivity contribution in [2.24, 2.45) is 11.8 Å². The summed E-state index contributed by atoms with van der Waals surface area (Å²) in [5, 5.41) is 11.0. The van der Waals surface area contributed by atoms with Crippen molar-refractivity contribution in [3.63, 3.8) is 0 Å². The Labute approximate surface area is 207 Å². The summed E-state index contributed by atoms with van der Waals surface area (Å²) in [4.78, 5) is 17.1. The molecule has 1 aliphatic rings. The number of unbranched alkanes of at least 4 members (excludes halogenated alkanes) is 1. The van der Waals surface area contributed by atoms with Crippen molar-refractivity contribution in [2.45, 2.75) is 31.9 Å². The second kappa shape index (κ2) is 10.7. The summed E-state index contributed by atoms with van der Waals surface area (Å²) in [5.74, 6) is -2.55. The number of anilines is 1. The second-order valence-electron chi connectivity index (χ2n) is 8.67. The van der Waals surface area contributed by atoms with E-state index in [1.54, 1.807) is 10.7 Å². The van der Waals surface area contributed by atoms with Gasteiger partial charge in [-0.3, -0.25) is 4.79 Å². The summed E-state index contributed by atoms with van der Waals surface area (Å²) in [6.07, 6.45) is 1.98. The molecule has 2 aromatic heterocycles. The number of fused-ring (bicyclic) bond motifs is 1. The summed E-state index contributed by atoms with van der Waals surface area (Å²) in [5.41, 5.74) is 3.19. The van der Waals surface area contributed by atoms with Crippen LogP contribution in [0.1, 0.15) is 25.7 Å². The van der Waals surface area contributed by atoms with Crippen LogP contribution in [-0.4, -0.2) is 47.6 Å². The zero-order valence-electron chi connectivity index (χ0n) is 19.3. The Hall–Kier alpha value is -3.01. The first kappa shape index (κ1) is 25.1. The van der Waals surface area contributed by atoms with Crippen LogP contribution in [0.5, 0.6) is 0 Å². The summed E-state index contributed by atoms with van der Waals surface area (Å²) in [6, 6.07) is 9.37. The molecule has 2 atom stereocenters. The Morgan fingerprint density at radius 3 is 2.77 bits per heavy atom. The number of nitrogens with one attached hydrogen (secondary N) is 2. The van der Waals surface area contributed by atoms with Crippen LogP contribution in [0.3, 0.4) is 0 Å². The van der Waals surface area contributed by atoms with Crippen molar-refractivity contribution in [2.75, 3.05) is 18.4 Å². The van der Waals surface area contributed by atoms with E-state index in [9.17, 15) is 18.0 Å². The largest absolute Gasteiger partial charge is 0.395 e. The Kier molecular flexibility index (Phi) is 7.69.